The number of carbonyl (C=O) groups is 1. The minimum atomic E-state index is -0.850. The van der Waals surface area contributed by atoms with Crippen LogP contribution in [0, 0.1) is 6.92 Å². The van der Waals surface area contributed by atoms with E-state index in [0.29, 0.717) is 16.5 Å². The minimum absolute atomic E-state index is 0.00295. The van der Waals surface area contributed by atoms with Crippen molar-refractivity contribution < 1.29 is 9.90 Å². The Morgan fingerprint density at radius 3 is 2.74 bits per heavy atom. The van der Waals surface area contributed by atoms with E-state index in [1.807, 2.05) is 50.3 Å². The molecule has 0 saturated carbocycles. The summed E-state index contributed by atoms with van der Waals surface area (Å²) in [5.41, 5.74) is 4.56. The summed E-state index contributed by atoms with van der Waals surface area (Å²) in [6.07, 6.45) is 4.34. The fraction of sp³-hybridized carbons (Fsp3) is 0.238. The highest BCUT2D eigenvalue weighted by Crippen LogP contribution is 2.31. The zero-order valence-corrected chi connectivity index (χ0v) is 16.6. The van der Waals surface area contributed by atoms with Gasteiger partial charge >= 0.3 is 5.97 Å². The summed E-state index contributed by atoms with van der Waals surface area (Å²) < 4.78 is 0. The number of hydrogen-bond donors (Lipinski definition) is 2. The van der Waals surface area contributed by atoms with Crippen LogP contribution in [0.15, 0.2) is 36.4 Å². The van der Waals surface area contributed by atoms with Crippen LogP contribution in [0.2, 0.25) is 10.0 Å². The first-order valence-corrected chi connectivity index (χ1v) is 9.41. The molecular formula is C21H20Cl2N2O2. The monoisotopic (exact) mass is 402 g/mol. The van der Waals surface area contributed by atoms with Gasteiger partial charge in [-0.25, -0.2) is 4.98 Å². The van der Waals surface area contributed by atoms with Crippen molar-refractivity contribution in [3.63, 3.8) is 0 Å². The molecule has 0 bridgehead atoms. The Morgan fingerprint density at radius 1 is 1.26 bits per heavy atom. The second kappa shape index (κ2) is 8.15. The first kappa shape index (κ1) is 19.5. The molecule has 1 aromatic heterocycles. The summed E-state index contributed by atoms with van der Waals surface area (Å²) in [7, 11) is 0. The van der Waals surface area contributed by atoms with E-state index in [1.54, 1.807) is 6.07 Å². The molecule has 4 nitrogen and oxygen atoms in total. The highest BCUT2D eigenvalue weighted by molar-refractivity contribution is 6.31. The van der Waals surface area contributed by atoms with Crippen molar-refractivity contribution in [3.05, 3.63) is 69.0 Å². The molecule has 6 heteroatoms. The van der Waals surface area contributed by atoms with Crippen LogP contribution in [0.5, 0.6) is 0 Å². The van der Waals surface area contributed by atoms with Gasteiger partial charge in [-0.1, -0.05) is 41.4 Å². The molecule has 1 heterocycles. The third-order valence-corrected chi connectivity index (χ3v) is 4.94. The van der Waals surface area contributed by atoms with Gasteiger partial charge in [0.05, 0.1) is 17.5 Å². The molecule has 0 aliphatic rings. The molecule has 2 N–H and O–H groups in total. The van der Waals surface area contributed by atoms with Crippen molar-refractivity contribution in [2.24, 2.45) is 0 Å². The maximum atomic E-state index is 11.5. The Morgan fingerprint density at radius 2 is 2.04 bits per heavy atom. The molecular weight excluding hydrogens is 383 g/mol. The van der Waals surface area contributed by atoms with Crippen molar-refractivity contribution >= 4 is 46.3 Å². The summed E-state index contributed by atoms with van der Waals surface area (Å²) in [5.74, 6) is -0.345. The maximum Gasteiger partial charge on any atom is 0.303 e. The number of aryl methyl sites for hydroxylation is 1. The standard InChI is InChI=1S/C21H20Cl2N2O2/c1-3-4-13-8-15(22)5-6-17(13)14(10-20(26)27)9-19-24-18-11-16(23)7-12(2)21(18)25-19/h3-8,11,14H,9-10H2,1-2H3,(H,24,25)(H,26,27). The summed E-state index contributed by atoms with van der Waals surface area (Å²) >= 11 is 12.3. The Kier molecular flexibility index (Phi) is 5.88. The summed E-state index contributed by atoms with van der Waals surface area (Å²) in [6.45, 7) is 3.87. The maximum absolute atomic E-state index is 11.5. The number of nitrogens with zero attached hydrogens (tertiary/aromatic N) is 1. The Balaban J connectivity index is 2.02. The molecule has 3 rings (SSSR count). The van der Waals surface area contributed by atoms with Gasteiger partial charge in [0.15, 0.2) is 0 Å². The lowest BCUT2D eigenvalue weighted by Gasteiger charge is -2.17. The second-order valence-electron chi connectivity index (χ2n) is 6.57. The van der Waals surface area contributed by atoms with E-state index in [1.165, 1.54) is 0 Å². The number of fused-ring (bicyclic) bond motifs is 1. The topological polar surface area (TPSA) is 66.0 Å². The second-order valence-corrected chi connectivity index (χ2v) is 7.45. The van der Waals surface area contributed by atoms with Gasteiger partial charge in [0.1, 0.15) is 5.82 Å². The first-order chi connectivity index (χ1) is 12.9. The van der Waals surface area contributed by atoms with Gasteiger partial charge in [-0.05, 0) is 54.8 Å². The molecule has 0 spiro atoms. The van der Waals surface area contributed by atoms with E-state index in [4.69, 9.17) is 23.2 Å². The SMILES string of the molecule is CC=Cc1cc(Cl)ccc1C(CC(=O)O)Cc1nc2c(C)cc(Cl)cc2[nH]1. The largest absolute Gasteiger partial charge is 0.481 e. The van der Waals surface area contributed by atoms with Crippen LogP contribution in [0.3, 0.4) is 0 Å². The predicted octanol–water partition coefficient (Wildman–Crippen LogP) is 6.01. The normalized spacial score (nSPS) is 12.7. The third-order valence-electron chi connectivity index (χ3n) is 4.49. The number of allylic oxidation sites excluding steroid dienone is 1. The zero-order valence-electron chi connectivity index (χ0n) is 15.1. The minimum Gasteiger partial charge on any atom is -0.481 e. The van der Waals surface area contributed by atoms with Crippen molar-refractivity contribution in [3.8, 4) is 0 Å². The number of hydrogen-bond acceptors (Lipinski definition) is 2. The fourth-order valence-corrected chi connectivity index (χ4v) is 3.83. The van der Waals surface area contributed by atoms with Gasteiger partial charge in [0, 0.05) is 22.4 Å². The lowest BCUT2D eigenvalue weighted by atomic mass is 9.88. The number of carboxylic acids is 1. The van der Waals surface area contributed by atoms with Gasteiger partial charge < -0.3 is 10.1 Å². The van der Waals surface area contributed by atoms with Gasteiger partial charge in [-0.3, -0.25) is 4.79 Å². The van der Waals surface area contributed by atoms with Crippen LogP contribution in [0.1, 0.15) is 41.8 Å². The van der Waals surface area contributed by atoms with Crippen LogP contribution < -0.4 is 0 Å². The molecule has 27 heavy (non-hydrogen) atoms. The van der Waals surface area contributed by atoms with Crippen LogP contribution in [0.25, 0.3) is 17.1 Å². The van der Waals surface area contributed by atoms with Gasteiger partial charge in [-0.2, -0.15) is 0 Å². The van der Waals surface area contributed by atoms with Crippen molar-refractivity contribution in [2.75, 3.05) is 0 Å². The number of aliphatic carboxylic acids is 1. The zero-order chi connectivity index (χ0) is 19.6. The summed E-state index contributed by atoms with van der Waals surface area (Å²) in [6, 6.07) is 9.25. The lowest BCUT2D eigenvalue weighted by Crippen LogP contribution is -2.11. The average molecular weight is 403 g/mol. The Bertz CT molecular complexity index is 1020. The molecule has 140 valence electrons. The highest BCUT2D eigenvalue weighted by atomic mass is 35.5. The van der Waals surface area contributed by atoms with E-state index in [-0.39, 0.29) is 12.3 Å². The fourth-order valence-electron chi connectivity index (χ4n) is 3.37. The molecule has 0 amide bonds. The molecule has 0 fully saturated rings. The van der Waals surface area contributed by atoms with Crippen LogP contribution >= 0.6 is 23.2 Å². The van der Waals surface area contributed by atoms with E-state index in [0.717, 1.165) is 33.5 Å². The van der Waals surface area contributed by atoms with Gasteiger partial charge in [0.25, 0.3) is 0 Å². The quantitative estimate of drug-likeness (QED) is 0.530. The number of H-pyrrole nitrogens is 1. The van der Waals surface area contributed by atoms with Crippen molar-refractivity contribution in [1.82, 2.24) is 9.97 Å². The lowest BCUT2D eigenvalue weighted by molar-refractivity contribution is -0.137. The Hall–Kier alpha value is -2.30. The molecule has 0 radical (unpaired) electrons. The molecule has 1 atom stereocenters. The number of rotatable bonds is 6. The van der Waals surface area contributed by atoms with Gasteiger partial charge in [-0.15, -0.1) is 0 Å². The van der Waals surface area contributed by atoms with Crippen molar-refractivity contribution in [1.29, 1.82) is 0 Å². The van der Waals surface area contributed by atoms with E-state index >= 15 is 0 Å². The number of halogens is 2. The first-order valence-electron chi connectivity index (χ1n) is 8.66. The van der Waals surface area contributed by atoms with Crippen LogP contribution in [-0.4, -0.2) is 21.0 Å². The number of nitrogens with one attached hydrogen (secondary N) is 1. The average Bonchev–Trinajstić information content (AvgIpc) is 2.97. The van der Waals surface area contributed by atoms with E-state index < -0.39 is 5.97 Å². The summed E-state index contributed by atoms with van der Waals surface area (Å²) in [5, 5.41) is 10.7. The van der Waals surface area contributed by atoms with Crippen LogP contribution in [0.4, 0.5) is 0 Å². The Labute approximate surface area is 167 Å². The number of imidazole rings is 1. The van der Waals surface area contributed by atoms with Crippen LogP contribution in [-0.2, 0) is 11.2 Å². The number of aromatic amines is 1. The van der Waals surface area contributed by atoms with Gasteiger partial charge in [0.2, 0.25) is 0 Å². The molecule has 1 unspecified atom stereocenters. The van der Waals surface area contributed by atoms with E-state index in [9.17, 15) is 9.90 Å². The smallest absolute Gasteiger partial charge is 0.303 e. The molecule has 3 aromatic rings. The highest BCUT2D eigenvalue weighted by Gasteiger charge is 2.21. The number of carboxylic acid groups (broad SMARTS) is 1. The number of aromatic nitrogens is 2. The molecule has 0 aliphatic heterocycles. The molecule has 0 aliphatic carbocycles. The van der Waals surface area contributed by atoms with Crippen molar-refractivity contribution in [2.45, 2.75) is 32.6 Å². The molecule has 0 saturated heterocycles. The number of benzene rings is 2. The van der Waals surface area contributed by atoms with E-state index in [2.05, 4.69) is 9.97 Å². The molecule has 2 aromatic carbocycles. The third kappa shape index (κ3) is 4.52. The summed E-state index contributed by atoms with van der Waals surface area (Å²) in [4.78, 5) is 19.4. The predicted molar refractivity (Wildman–Crippen MR) is 111 cm³/mol.